The van der Waals surface area contributed by atoms with E-state index in [2.05, 4.69) is 0 Å². The lowest BCUT2D eigenvalue weighted by Crippen LogP contribution is -2.25. The number of rotatable bonds is 5. The molecule has 24 heavy (non-hydrogen) atoms. The first-order valence-corrected chi connectivity index (χ1v) is 7.88. The number of nitrogens with two attached hydrogens (primary N) is 1. The molecule has 2 heterocycles. The smallest absolute Gasteiger partial charge is 0.414 e. The number of anilines is 1. The van der Waals surface area contributed by atoms with Gasteiger partial charge in [-0.05, 0) is 36.6 Å². The van der Waals surface area contributed by atoms with Crippen LogP contribution in [0.15, 0.2) is 24.3 Å². The highest BCUT2D eigenvalue weighted by Crippen LogP contribution is 2.29. The molecule has 0 saturated carbocycles. The van der Waals surface area contributed by atoms with Crippen molar-refractivity contribution in [2.75, 3.05) is 24.7 Å². The second kappa shape index (κ2) is 7.00. The lowest BCUT2D eigenvalue weighted by Gasteiger charge is -2.17. The first kappa shape index (κ1) is 16.4. The first-order valence-electron chi connectivity index (χ1n) is 7.88. The fourth-order valence-electron chi connectivity index (χ4n) is 2.89. The SMILES string of the molecule is NC(=O)CCC1CN(c2ccc(C3=CCOCC3)c(F)c2)C(=O)O1. The number of cyclic esters (lactones) is 1. The van der Waals surface area contributed by atoms with Crippen LogP contribution in [0.25, 0.3) is 5.57 Å². The van der Waals surface area contributed by atoms with E-state index >= 15 is 0 Å². The van der Waals surface area contributed by atoms with Crippen molar-refractivity contribution in [1.82, 2.24) is 0 Å². The molecular formula is C17H19FN2O4. The molecule has 0 aromatic heterocycles. The van der Waals surface area contributed by atoms with Crippen molar-refractivity contribution in [3.8, 4) is 0 Å². The van der Waals surface area contributed by atoms with Gasteiger partial charge in [-0.25, -0.2) is 9.18 Å². The van der Waals surface area contributed by atoms with Crippen molar-refractivity contribution >= 4 is 23.3 Å². The minimum Gasteiger partial charge on any atom is -0.444 e. The number of hydrogen-bond donors (Lipinski definition) is 1. The van der Waals surface area contributed by atoms with Gasteiger partial charge in [0, 0.05) is 12.0 Å². The summed E-state index contributed by atoms with van der Waals surface area (Å²) < 4.78 is 24.9. The van der Waals surface area contributed by atoms with E-state index in [1.54, 1.807) is 12.1 Å². The minimum atomic E-state index is -0.540. The lowest BCUT2D eigenvalue weighted by molar-refractivity contribution is -0.118. The van der Waals surface area contributed by atoms with Gasteiger partial charge in [0.15, 0.2) is 0 Å². The molecule has 2 N–H and O–H groups in total. The standard InChI is InChI=1S/C17H19FN2O4/c18-15-9-12(1-3-14(15)11-5-7-23-8-6-11)20-10-13(24-17(20)22)2-4-16(19)21/h1,3,5,9,13H,2,4,6-8,10H2,(H2,19,21). The number of halogens is 1. The highest BCUT2D eigenvalue weighted by molar-refractivity contribution is 5.90. The molecule has 7 heteroatoms. The summed E-state index contributed by atoms with van der Waals surface area (Å²) in [6, 6.07) is 4.71. The van der Waals surface area contributed by atoms with E-state index in [0.717, 1.165) is 5.57 Å². The molecule has 2 amide bonds. The van der Waals surface area contributed by atoms with E-state index in [0.29, 0.717) is 37.3 Å². The summed E-state index contributed by atoms with van der Waals surface area (Å²) in [5.74, 6) is -0.821. The fourth-order valence-corrected chi connectivity index (χ4v) is 2.89. The molecule has 128 valence electrons. The van der Waals surface area contributed by atoms with Crippen molar-refractivity contribution < 1.29 is 23.5 Å². The monoisotopic (exact) mass is 334 g/mol. The first-order chi connectivity index (χ1) is 11.5. The van der Waals surface area contributed by atoms with E-state index in [-0.39, 0.29) is 18.8 Å². The molecule has 1 aromatic rings. The van der Waals surface area contributed by atoms with Gasteiger partial charge < -0.3 is 15.2 Å². The molecule has 1 fully saturated rings. The number of primary amides is 1. The maximum atomic E-state index is 14.4. The molecule has 2 aliphatic rings. The van der Waals surface area contributed by atoms with Crippen LogP contribution in [0.3, 0.4) is 0 Å². The summed E-state index contributed by atoms with van der Waals surface area (Å²) in [5.41, 5.74) is 6.98. The van der Waals surface area contributed by atoms with Crippen LogP contribution in [-0.4, -0.2) is 37.9 Å². The molecule has 1 aromatic carbocycles. The van der Waals surface area contributed by atoms with Crippen molar-refractivity contribution in [2.45, 2.75) is 25.4 Å². The summed E-state index contributed by atoms with van der Waals surface area (Å²) in [4.78, 5) is 24.2. The Morgan fingerprint density at radius 2 is 2.25 bits per heavy atom. The number of nitrogens with zero attached hydrogens (tertiary/aromatic N) is 1. The molecule has 1 unspecified atom stereocenters. The molecule has 0 spiro atoms. The quantitative estimate of drug-likeness (QED) is 0.895. The second-order valence-corrected chi connectivity index (χ2v) is 5.84. The van der Waals surface area contributed by atoms with E-state index in [1.165, 1.54) is 11.0 Å². The Morgan fingerprint density at radius 1 is 1.42 bits per heavy atom. The molecule has 3 rings (SSSR count). The van der Waals surface area contributed by atoms with E-state index in [4.69, 9.17) is 15.2 Å². The molecule has 0 bridgehead atoms. The van der Waals surface area contributed by atoms with Gasteiger partial charge in [-0.15, -0.1) is 0 Å². The van der Waals surface area contributed by atoms with Crippen molar-refractivity contribution in [1.29, 1.82) is 0 Å². The van der Waals surface area contributed by atoms with Crippen LogP contribution in [-0.2, 0) is 14.3 Å². The van der Waals surface area contributed by atoms with Crippen LogP contribution in [0, 0.1) is 5.82 Å². The van der Waals surface area contributed by atoms with Gasteiger partial charge in [-0.2, -0.15) is 0 Å². The van der Waals surface area contributed by atoms with Crippen LogP contribution < -0.4 is 10.6 Å². The van der Waals surface area contributed by atoms with Gasteiger partial charge in [0.05, 0.1) is 25.4 Å². The van der Waals surface area contributed by atoms with Crippen LogP contribution in [0.2, 0.25) is 0 Å². The van der Waals surface area contributed by atoms with Gasteiger partial charge >= 0.3 is 6.09 Å². The molecule has 1 saturated heterocycles. The largest absolute Gasteiger partial charge is 0.444 e. The zero-order valence-corrected chi connectivity index (χ0v) is 13.2. The summed E-state index contributed by atoms with van der Waals surface area (Å²) >= 11 is 0. The number of carbonyl (C=O) groups excluding carboxylic acids is 2. The van der Waals surface area contributed by atoms with E-state index < -0.39 is 18.1 Å². The molecule has 1 atom stereocenters. The topological polar surface area (TPSA) is 81.9 Å². The fraction of sp³-hybridized carbons (Fsp3) is 0.412. The van der Waals surface area contributed by atoms with Gasteiger partial charge in [0.25, 0.3) is 0 Å². The normalized spacial score (nSPS) is 20.7. The Bertz CT molecular complexity index is 689. The van der Waals surface area contributed by atoms with Gasteiger partial charge in [-0.3, -0.25) is 9.69 Å². The average molecular weight is 334 g/mol. The summed E-state index contributed by atoms with van der Waals surface area (Å²) in [6.45, 7) is 1.34. The van der Waals surface area contributed by atoms with Crippen LogP contribution in [0.5, 0.6) is 0 Å². The van der Waals surface area contributed by atoms with Crippen molar-refractivity contribution in [3.63, 3.8) is 0 Å². The molecule has 2 aliphatic heterocycles. The average Bonchev–Trinajstić information content (AvgIpc) is 2.94. The number of ether oxygens (including phenoxy) is 2. The Morgan fingerprint density at radius 3 is 2.92 bits per heavy atom. The Labute approximate surface area is 139 Å². The highest BCUT2D eigenvalue weighted by atomic mass is 19.1. The molecular weight excluding hydrogens is 315 g/mol. The lowest BCUT2D eigenvalue weighted by atomic mass is 10.0. The second-order valence-electron chi connectivity index (χ2n) is 5.84. The maximum absolute atomic E-state index is 14.4. The minimum absolute atomic E-state index is 0.148. The summed E-state index contributed by atoms with van der Waals surface area (Å²) in [7, 11) is 0. The highest BCUT2D eigenvalue weighted by Gasteiger charge is 2.32. The third-order valence-electron chi connectivity index (χ3n) is 4.16. The molecule has 0 aliphatic carbocycles. The maximum Gasteiger partial charge on any atom is 0.414 e. The third kappa shape index (κ3) is 3.56. The number of hydrogen-bond acceptors (Lipinski definition) is 4. The number of benzene rings is 1. The Kier molecular flexibility index (Phi) is 4.80. The zero-order chi connectivity index (χ0) is 17.1. The predicted molar refractivity (Wildman–Crippen MR) is 85.9 cm³/mol. The van der Waals surface area contributed by atoms with E-state index in [1.807, 2.05) is 6.08 Å². The zero-order valence-electron chi connectivity index (χ0n) is 13.2. The van der Waals surface area contributed by atoms with Gasteiger partial charge in [0.1, 0.15) is 11.9 Å². The van der Waals surface area contributed by atoms with Crippen LogP contribution >= 0.6 is 0 Å². The Balaban J connectivity index is 1.73. The van der Waals surface area contributed by atoms with E-state index in [9.17, 15) is 14.0 Å². The molecule has 0 radical (unpaired) electrons. The van der Waals surface area contributed by atoms with Crippen LogP contribution in [0.1, 0.15) is 24.8 Å². The van der Waals surface area contributed by atoms with Crippen molar-refractivity contribution in [2.24, 2.45) is 5.73 Å². The van der Waals surface area contributed by atoms with Crippen molar-refractivity contribution in [3.05, 3.63) is 35.7 Å². The Hall–Kier alpha value is -2.41. The summed E-state index contributed by atoms with van der Waals surface area (Å²) in [6.07, 6.45) is 2.09. The molecule has 6 nitrogen and oxygen atoms in total. The number of amides is 2. The third-order valence-corrected chi connectivity index (χ3v) is 4.16. The van der Waals surface area contributed by atoms with Gasteiger partial charge in [0.2, 0.25) is 5.91 Å². The van der Waals surface area contributed by atoms with Gasteiger partial charge in [-0.1, -0.05) is 6.08 Å². The predicted octanol–water partition coefficient (Wildman–Crippen LogP) is 2.22. The number of carbonyl (C=O) groups is 2. The van der Waals surface area contributed by atoms with Crippen LogP contribution in [0.4, 0.5) is 14.9 Å². The summed E-state index contributed by atoms with van der Waals surface area (Å²) in [5, 5.41) is 0.